The molecule has 0 bridgehead atoms. The molecule has 0 aliphatic rings. The van der Waals surface area contributed by atoms with Crippen LogP contribution in [0.5, 0.6) is 0 Å². The van der Waals surface area contributed by atoms with Crippen molar-refractivity contribution in [3.8, 4) is 11.1 Å². The van der Waals surface area contributed by atoms with Crippen LogP contribution in [0.3, 0.4) is 0 Å². The minimum Gasteiger partial charge on any atom is -0.330 e. The van der Waals surface area contributed by atoms with Crippen LogP contribution in [0.2, 0.25) is 0 Å². The normalized spacial score (nSPS) is 10.5. The van der Waals surface area contributed by atoms with E-state index < -0.39 is 0 Å². The van der Waals surface area contributed by atoms with E-state index in [1.165, 1.54) is 27.8 Å². The fourth-order valence-electron chi connectivity index (χ4n) is 2.27. The number of hydrogen-bond acceptors (Lipinski definition) is 1. The zero-order valence-corrected chi connectivity index (χ0v) is 10.5. The van der Waals surface area contributed by atoms with Crippen molar-refractivity contribution < 1.29 is 0 Å². The average Bonchev–Trinajstić information content (AvgIpc) is 2.31. The summed E-state index contributed by atoms with van der Waals surface area (Å²) in [6.07, 6.45) is 0.951. The molecular weight excluding hydrogens is 206 g/mol. The smallest absolute Gasteiger partial charge is 0.00367 e. The molecule has 88 valence electrons. The fraction of sp³-hybridized carbons (Fsp3) is 0.250. The molecule has 2 aromatic rings. The highest BCUT2D eigenvalue weighted by atomic mass is 14.5. The SMILES string of the molecule is Cc1cccc(C)c1-c1ccc(CCN)cc1. The molecule has 0 radical (unpaired) electrons. The van der Waals surface area contributed by atoms with Crippen LogP contribution in [0.15, 0.2) is 42.5 Å². The van der Waals surface area contributed by atoms with Gasteiger partial charge in [-0.15, -0.1) is 0 Å². The maximum absolute atomic E-state index is 5.56. The number of aryl methyl sites for hydroxylation is 2. The summed E-state index contributed by atoms with van der Waals surface area (Å²) in [7, 11) is 0. The van der Waals surface area contributed by atoms with Gasteiger partial charge >= 0.3 is 0 Å². The minimum absolute atomic E-state index is 0.711. The first-order valence-electron chi connectivity index (χ1n) is 6.08. The summed E-state index contributed by atoms with van der Waals surface area (Å²) in [6, 6.07) is 15.2. The quantitative estimate of drug-likeness (QED) is 0.850. The highest BCUT2D eigenvalue weighted by Gasteiger charge is 2.04. The predicted octanol–water partition coefficient (Wildman–Crippen LogP) is 3.47. The Balaban J connectivity index is 2.40. The molecule has 0 saturated carbocycles. The molecule has 17 heavy (non-hydrogen) atoms. The number of benzene rings is 2. The van der Waals surface area contributed by atoms with Gasteiger partial charge < -0.3 is 5.73 Å². The van der Waals surface area contributed by atoms with Crippen LogP contribution in [-0.2, 0) is 6.42 Å². The second kappa shape index (κ2) is 5.15. The third-order valence-corrected chi connectivity index (χ3v) is 3.16. The Morgan fingerprint density at radius 1 is 0.882 bits per heavy atom. The Bertz CT molecular complexity index is 477. The van der Waals surface area contributed by atoms with Crippen molar-refractivity contribution in [2.24, 2.45) is 5.73 Å². The molecule has 0 amide bonds. The lowest BCUT2D eigenvalue weighted by molar-refractivity contribution is 0.969. The molecule has 0 aliphatic heterocycles. The van der Waals surface area contributed by atoms with Crippen molar-refractivity contribution in [3.05, 3.63) is 59.2 Å². The molecule has 2 aromatic carbocycles. The maximum atomic E-state index is 5.56. The van der Waals surface area contributed by atoms with Crippen molar-refractivity contribution in [1.29, 1.82) is 0 Å². The molecule has 0 heterocycles. The molecule has 0 fully saturated rings. The highest BCUT2D eigenvalue weighted by molar-refractivity contribution is 5.70. The maximum Gasteiger partial charge on any atom is -0.00367 e. The fourth-order valence-corrected chi connectivity index (χ4v) is 2.27. The highest BCUT2D eigenvalue weighted by Crippen LogP contribution is 2.27. The largest absolute Gasteiger partial charge is 0.330 e. The van der Waals surface area contributed by atoms with Crippen LogP contribution in [0.1, 0.15) is 16.7 Å². The van der Waals surface area contributed by atoms with E-state index in [-0.39, 0.29) is 0 Å². The van der Waals surface area contributed by atoms with Gasteiger partial charge in [-0.3, -0.25) is 0 Å². The van der Waals surface area contributed by atoms with E-state index in [9.17, 15) is 0 Å². The van der Waals surface area contributed by atoms with E-state index in [0.717, 1.165) is 6.42 Å². The zero-order valence-electron chi connectivity index (χ0n) is 10.5. The summed E-state index contributed by atoms with van der Waals surface area (Å²) < 4.78 is 0. The molecule has 2 rings (SSSR count). The zero-order chi connectivity index (χ0) is 12.3. The van der Waals surface area contributed by atoms with Crippen LogP contribution in [0, 0.1) is 13.8 Å². The van der Waals surface area contributed by atoms with E-state index in [2.05, 4.69) is 56.3 Å². The van der Waals surface area contributed by atoms with Crippen molar-refractivity contribution in [3.63, 3.8) is 0 Å². The number of rotatable bonds is 3. The molecule has 0 aromatic heterocycles. The van der Waals surface area contributed by atoms with E-state index >= 15 is 0 Å². The standard InChI is InChI=1S/C16H19N/c1-12-4-3-5-13(2)16(12)15-8-6-14(7-9-15)10-11-17/h3-9H,10-11,17H2,1-2H3. The van der Waals surface area contributed by atoms with E-state index in [1.807, 2.05) is 0 Å². The summed E-state index contributed by atoms with van der Waals surface area (Å²) >= 11 is 0. The first-order chi connectivity index (χ1) is 8.22. The van der Waals surface area contributed by atoms with Crippen molar-refractivity contribution in [2.75, 3.05) is 6.54 Å². The summed E-state index contributed by atoms with van der Waals surface area (Å²) in [5.74, 6) is 0. The van der Waals surface area contributed by atoms with Crippen LogP contribution in [-0.4, -0.2) is 6.54 Å². The molecule has 0 unspecified atom stereocenters. The van der Waals surface area contributed by atoms with Gasteiger partial charge in [0.25, 0.3) is 0 Å². The minimum atomic E-state index is 0.711. The summed E-state index contributed by atoms with van der Waals surface area (Å²) in [4.78, 5) is 0. The van der Waals surface area contributed by atoms with Gasteiger partial charge in [0.15, 0.2) is 0 Å². The second-order valence-electron chi connectivity index (χ2n) is 4.50. The summed E-state index contributed by atoms with van der Waals surface area (Å²) in [5.41, 5.74) is 12.2. The Morgan fingerprint density at radius 2 is 1.47 bits per heavy atom. The van der Waals surface area contributed by atoms with Gasteiger partial charge in [-0.1, -0.05) is 42.5 Å². The average molecular weight is 225 g/mol. The molecule has 0 spiro atoms. The third-order valence-electron chi connectivity index (χ3n) is 3.16. The van der Waals surface area contributed by atoms with Crippen molar-refractivity contribution in [1.82, 2.24) is 0 Å². The van der Waals surface area contributed by atoms with Gasteiger partial charge in [-0.25, -0.2) is 0 Å². The summed E-state index contributed by atoms with van der Waals surface area (Å²) in [5, 5.41) is 0. The molecule has 0 atom stereocenters. The van der Waals surface area contributed by atoms with Crippen LogP contribution in [0.25, 0.3) is 11.1 Å². The first kappa shape index (κ1) is 11.9. The topological polar surface area (TPSA) is 26.0 Å². The Morgan fingerprint density at radius 3 is 2.00 bits per heavy atom. The molecule has 0 saturated heterocycles. The number of hydrogen-bond donors (Lipinski definition) is 1. The van der Waals surface area contributed by atoms with E-state index in [1.54, 1.807) is 0 Å². The second-order valence-corrected chi connectivity index (χ2v) is 4.50. The predicted molar refractivity (Wildman–Crippen MR) is 74.1 cm³/mol. The first-order valence-corrected chi connectivity index (χ1v) is 6.08. The van der Waals surface area contributed by atoms with E-state index in [0.29, 0.717) is 6.54 Å². The molecule has 0 aliphatic carbocycles. The van der Waals surface area contributed by atoms with Crippen LogP contribution >= 0.6 is 0 Å². The van der Waals surface area contributed by atoms with Crippen LogP contribution in [0.4, 0.5) is 0 Å². The van der Waals surface area contributed by atoms with Gasteiger partial charge in [0.2, 0.25) is 0 Å². The Hall–Kier alpha value is -1.60. The Labute approximate surface area is 103 Å². The van der Waals surface area contributed by atoms with Gasteiger partial charge in [0.05, 0.1) is 0 Å². The monoisotopic (exact) mass is 225 g/mol. The van der Waals surface area contributed by atoms with Crippen LogP contribution < -0.4 is 5.73 Å². The molecule has 2 N–H and O–H groups in total. The summed E-state index contributed by atoms with van der Waals surface area (Å²) in [6.45, 7) is 5.04. The lowest BCUT2D eigenvalue weighted by Crippen LogP contribution is -2.02. The van der Waals surface area contributed by atoms with Crippen molar-refractivity contribution >= 4 is 0 Å². The molecule has 1 heteroatoms. The lowest BCUT2D eigenvalue weighted by atomic mass is 9.95. The third kappa shape index (κ3) is 2.56. The van der Waals surface area contributed by atoms with Crippen molar-refractivity contribution in [2.45, 2.75) is 20.3 Å². The lowest BCUT2D eigenvalue weighted by Gasteiger charge is -2.10. The van der Waals surface area contributed by atoms with Gasteiger partial charge in [-0.2, -0.15) is 0 Å². The Kier molecular flexibility index (Phi) is 3.60. The van der Waals surface area contributed by atoms with Gasteiger partial charge in [-0.05, 0) is 54.6 Å². The molecule has 1 nitrogen and oxygen atoms in total. The van der Waals surface area contributed by atoms with Gasteiger partial charge in [0.1, 0.15) is 0 Å². The number of nitrogens with two attached hydrogens (primary N) is 1. The van der Waals surface area contributed by atoms with E-state index in [4.69, 9.17) is 5.73 Å². The molecular formula is C16H19N. The van der Waals surface area contributed by atoms with Gasteiger partial charge in [0, 0.05) is 0 Å².